The Hall–Kier alpha value is -1.53. The van der Waals surface area contributed by atoms with Gasteiger partial charge in [-0.2, -0.15) is 0 Å². The summed E-state index contributed by atoms with van der Waals surface area (Å²) in [5.41, 5.74) is 2.42. The van der Waals surface area contributed by atoms with E-state index in [1.807, 2.05) is 6.92 Å². The maximum absolute atomic E-state index is 11.2. The van der Waals surface area contributed by atoms with Crippen molar-refractivity contribution in [3.05, 3.63) is 33.1 Å². The van der Waals surface area contributed by atoms with Crippen LogP contribution in [0.4, 0.5) is 5.69 Å². The topological polar surface area (TPSA) is 71.3 Å². The molecule has 6 nitrogen and oxygen atoms in total. The summed E-state index contributed by atoms with van der Waals surface area (Å²) in [5.74, 6) is 0.722. The van der Waals surface area contributed by atoms with Gasteiger partial charge >= 0.3 is 0 Å². The van der Waals surface area contributed by atoms with Gasteiger partial charge in [-0.1, -0.05) is 0 Å². The summed E-state index contributed by atoms with van der Waals surface area (Å²) >= 11 is 0. The van der Waals surface area contributed by atoms with Gasteiger partial charge in [-0.05, 0) is 45.7 Å². The van der Waals surface area contributed by atoms with Crippen LogP contribution < -0.4 is 5.32 Å². The number of nitro groups is 1. The number of aromatic nitrogens is 1. The first-order valence-electron chi connectivity index (χ1n) is 7.62. The van der Waals surface area contributed by atoms with E-state index in [9.17, 15) is 10.1 Å². The number of piperidine rings is 1. The molecule has 2 saturated heterocycles. The molecule has 0 saturated carbocycles. The summed E-state index contributed by atoms with van der Waals surface area (Å²) in [4.78, 5) is 17.8. The van der Waals surface area contributed by atoms with Crippen molar-refractivity contribution in [1.82, 2.24) is 15.2 Å². The van der Waals surface area contributed by atoms with Gasteiger partial charge < -0.3 is 5.32 Å². The van der Waals surface area contributed by atoms with Gasteiger partial charge in [0.15, 0.2) is 0 Å². The van der Waals surface area contributed by atoms with Crippen molar-refractivity contribution >= 4 is 5.69 Å². The van der Waals surface area contributed by atoms with Crippen molar-refractivity contribution in [3.63, 3.8) is 0 Å². The van der Waals surface area contributed by atoms with Crippen LogP contribution in [0.2, 0.25) is 0 Å². The molecule has 0 amide bonds. The number of nitrogens with one attached hydrogen (secondary N) is 1. The lowest BCUT2D eigenvalue weighted by molar-refractivity contribution is -0.386. The fourth-order valence-electron chi connectivity index (χ4n) is 3.76. The van der Waals surface area contributed by atoms with E-state index in [4.69, 9.17) is 0 Å². The van der Waals surface area contributed by atoms with Crippen molar-refractivity contribution in [2.24, 2.45) is 5.92 Å². The molecule has 3 rings (SSSR count). The number of hydrogen-bond donors (Lipinski definition) is 1. The zero-order chi connectivity index (χ0) is 15.0. The fraction of sp³-hybridized carbons (Fsp3) is 0.667. The molecule has 2 fully saturated rings. The van der Waals surface area contributed by atoms with Crippen molar-refractivity contribution < 1.29 is 4.92 Å². The summed E-state index contributed by atoms with van der Waals surface area (Å²) in [7, 11) is 0. The van der Waals surface area contributed by atoms with Crippen LogP contribution in [0.25, 0.3) is 0 Å². The Morgan fingerprint density at radius 1 is 1.48 bits per heavy atom. The summed E-state index contributed by atoms with van der Waals surface area (Å²) in [6.45, 7) is 7.47. The van der Waals surface area contributed by atoms with Crippen molar-refractivity contribution in [1.29, 1.82) is 0 Å². The number of pyridine rings is 1. The van der Waals surface area contributed by atoms with E-state index >= 15 is 0 Å². The van der Waals surface area contributed by atoms with E-state index in [1.54, 1.807) is 13.1 Å². The van der Waals surface area contributed by atoms with Gasteiger partial charge in [0.1, 0.15) is 0 Å². The first kappa shape index (κ1) is 14.4. The minimum absolute atomic E-state index is 0.220. The van der Waals surface area contributed by atoms with E-state index in [2.05, 4.69) is 15.2 Å². The third kappa shape index (κ3) is 2.65. The molecular weight excluding hydrogens is 268 g/mol. The highest BCUT2D eigenvalue weighted by molar-refractivity contribution is 5.47. The molecule has 2 unspecified atom stereocenters. The number of fused-ring (bicyclic) bond motifs is 1. The molecule has 1 aromatic heterocycles. The highest BCUT2D eigenvalue weighted by Crippen LogP contribution is 2.30. The quantitative estimate of drug-likeness (QED) is 0.679. The summed E-state index contributed by atoms with van der Waals surface area (Å²) in [6.07, 6.45) is 4.12. The van der Waals surface area contributed by atoms with Gasteiger partial charge in [-0.15, -0.1) is 0 Å². The van der Waals surface area contributed by atoms with Crippen molar-refractivity contribution in [2.75, 3.05) is 19.6 Å². The lowest BCUT2D eigenvalue weighted by atomic mass is 9.91. The lowest BCUT2D eigenvalue weighted by Crippen LogP contribution is -2.44. The van der Waals surface area contributed by atoms with Crippen LogP contribution in [0.3, 0.4) is 0 Å². The Bertz CT molecular complexity index is 561. The molecule has 0 spiro atoms. The van der Waals surface area contributed by atoms with Gasteiger partial charge in [0.2, 0.25) is 0 Å². The average molecular weight is 290 g/mol. The number of likely N-dealkylation sites (tertiary alicyclic amines) is 1. The summed E-state index contributed by atoms with van der Waals surface area (Å²) < 4.78 is 0. The molecule has 2 aliphatic rings. The molecule has 0 aliphatic carbocycles. The van der Waals surface area contributed by atoms with Crippen LogP contribution in [0, 0.1) is 29.9 Å². The molecule has 0 radical (unpaired) electrons. The maximum Gasteiger partial charge on any atom is 0.278 e. The molecule has 114 valence electrons. The number of rotatable bonds is 3. The van der Waals surface area contributed by atoms with E-state index < -0.39 is 0 Å². The molecule has 0 aromatic carbocycles. The molecular formula is C15H22N4O2. The van der Waals surface area contributed by atoms with E-state index in [-0.39, 0.29) is 10.6 Å². The van der Waals surface area contributed by atoms with E-state index in [0.717, 1.165) is 37.8 Å². The van der Waals surface area contributed by atoms with Crippen LogP contribution in [-0.2, 0) is 6.54 Å². The highest BCUT2D eigenvalue weighted by atomic mass is 16.6. The second-order valence-electron chi connectivity index (χ2n) is 6.22. The predicted molar refractivity (Wildman–Crippen MR) is 80.2 cm³/mol. The Labute approximate surface area is 124 Å². The molecule has 0 bridgehead atoms. The predicted octanol–water partition coefficient (Wildman–Crippen LogP) is 1.79. The third-order valence-electron chi connectivity index (χ3n) is 4.90. The molecule has 2 aliphatic heterocycles. The second kappa shape index (κ2) is 5.69. The molecule has 3 heterocycles. The molecule has 2 atom stereocenters. The number of hydrogen-bond acceptors (Lipinski definition) is 5. The first-order valence-corrected chi connectivity index (χ1v) is 7.62. The first-order chi connectivity index (χ1) is 10.1. The highest BCUT2D eigenvalue weighted by Gasteiger charge is 2.35. The normalized spacial score (nSPS) is 25.8. The summed E-state index contributed by atoms with van der Waals surface area (Å²) in [6, 6.07) is 0.556. The minimum Gasteiger partial charge on any atom is -0.315 e. The number of aryl methyl sites for hydroxylation is 1. The molecule has 6 heteroatoms. The summed E-state index contributed by atoms with van der Waals surface area (Å²) in [5, 5.41) is 14.7. The Morgan fingerprint density at radius 3 is 3.05 bits per heavy atom. The van der Waals surface area contributed by atoms with Gasteiger partial charge in [0, 0.05) is 36.5 Å². The minimum atomic E-state index is -0.286. The third-order valence-corrected chi connectivity index (χ3v) is 4.90. The van der Waals surface area contributed by atoms with Crippen LogP contribution >= 0.6 is 0 Å². The Kier molecular flexibility index (Phi) is 3.91. The van der Waals surface area contributed by atoms with E-state index in [1.165, 1.54) is 12.8 Å². The molecule has 21 heavy (non-hydrogen) atoms. The van der Waals surface area contributed by atoms with Crippen LogP contribution in [0.1, 0.15) is 29.7 Å². The standard InChI is InChI=1S/C15H22N4O2/c1-10-6-17-13(11(2)15(10)19(20)21)9-18-5-3-4-12-7-16-8-14(12)18/h6,12,14,16H,3-5,7-9H2,1-2H3. The Balaban J connectivity index is 1.84. The van der Waals surface area contributed by atoms with Crippen molar-refractivity contribution in [3.8, 4) is 0 Å². The zero-order valence-corrected chi connectivity index (χ0v) is 12.6. The van der Waals surface area contributed by atoms with Crippen LogP contribution in [-0.4, -0.2) is 40.5 Å². The molecule has 1 N–H and O–H groups in total. The zero-order valence-electron chi connectivity index (χ0n) is 12.6. The van der Waals surface area contributed by atoms with Crippen molar-refractivity contribution in [2.45, 2.75) is 39.3 Å². The lowest BCUT2D eigenvalue weighted by Gasteiger charge is -2.37. The number of nitrogens with zero attached hydrogens (tertiary/aromatic N) is 3. The monoisotopic (exact) mass is 290 g/mol. The smallest absolute Gasteiger partial charge is 0.278 e. The van der Waals surface area contributed by atoms with Gasteiger partial charge in [0.25, 0.3) is 5.69 Å². The largest absolute Gasteiger partial charge is 0.315 e. The second-order valence-corrected chi connectivity index (χ2v) is 6.22. The van der Waals surface area contributed by atoms with Gasteiger partial charge in [0.05, 0.1) is 10.6 Å². The Morgan fingerprint density at radius 2 is 2.29 bits per heavy atom. The fourth-order valence-corrected chi connectivity index (χ4v) is 3.76. The van der Waals surface area contributed by atoms with Crippen LogP contribution in [0.5, 0.6) is 0 Å². The SMILES string of the molecule is Cc1cnc(CN2CCCC3CNCC32)c(C)c1[N+](=O)[O-]. The maximum atomic E-state index is 11.2. The molecule has 1 aromatic rings. The van der Waals surface area contributed by atoms with E-state index in [0.29, 0.717) is 17.2 Å². The van der Waals surface area contributed by atoms with Gasteiger partial charge in [-0.3, -0.25) is 20.0 Å². The van der Waals surface area contributed by atoms with Crippen LogP contribution in [0.15, 0.2) is 6.20 Å². The average Bonchev–Trinajstić information content (AvgIpc) is 2.91. The van der Waals surface area contributed by atoms with Gasteiger partial charge in [-0.25, -0.2) is 0 Å².